The quantitative estimate of drug-likeness (QED) is 0.818. The van der Waals surface area contributed by atoms with Crippen molar-refractivity contribution in [2.45, 2.75) is 30.1 Å². The molecule has 0 saturated carbocycles. The van der Waals surface area contributed by atoms with Crippen molar-refractivity contribution in [2.24, 2.45) is 12.8 Å². The Hall–Kier alpha value is -1.67. The van der Waals surface area contributed by atoms with Crippen LogP contribution in [0.2, 0.25) is 0 Å². The third-order valence-corrected chi connectivity index (χ3v) is 3.77. The van der Waals surface area contributed by atoms with Crippen LogP contribution in [0.15, 0.2) is 16.2 Å². The molecule has 8 heteroatoms. The molecule has 0 radical (unpaired) electrons. The number of hydrogen-bond acceptors (Lipinski definition) is 7. The van der Waals surface area contributed by atoms with Gasteiger partial charge in [0.1, 0.15) is 10.9 Å². The summed E-state index contributed by atoms with van der Waals surface area (Å²) in [5.74, 6) is 1.46. The molecule has 2 heterocycles. The first-order valence-electron chi connectivity index (χ1n) is 6.36. The second-order valence-corrected chi connectivity index (χ2v) is 5.50. The molecule has 0 aliphatic carbocycles. The van der Waals surface area contributed by atoms with E-state index in [2.05, 4.69) is 27.1 Å². The maximum atomic E-state index is 5.60. The zero-order chi connectivity index (χ0) is 14.7. The summed E-state index contributed by atoms with van der Waals surface area (Å²) in [5, 5.41) is 9.81. The Bertz CT molecular complexity index is 593. The molecule has 108 valence electrons. The fourth-order valence-corrected chi connectivity index (χ4v) is 2.43. The number of nitrogens with two attached hydrogens (primary N) is 1. The molecule has 2 N–H and O–H groups in total. The third-order valence-electron chi connectivity index (χ3n) is 2.81. The van der Waals surface area contributed by atoms with Crippen LogP contribution >= 0.6 is 11.8 Å². The lowest BCUT2D eigenvalue weighted by molar-refractivity contribution is 0.733. The summed E-state index contributed by atoms with van der Waals surface area (Å²) in [4.78, 5) is 10.9. The van der Waals surface area contributed by atoms with E-state index in [4.69, 9.17) is 5.73 Å². The Morgan fingerprint density at radius 3 is 2.60 bits per heavy atom. The molecule has 0 spiro atoms. The summed E-state index contributed by atoms with van der Waals surface area (Å²) in [6.07, 6.45) is 0.865. The van der Waals surface area contributed by atoms with Crippen molar-refractivity contribution < 1.29 is 0 Å². The van der Waals surface area contributed by atoms with Gasteiger partial charge >= 0.3 is 0 Å². The second-order valence-electron chi connectivity index (χ2n) is 4.51. The molecule has 2 aromatic rings. The van der Waals surface area contributed by atoms with Gasteiger partial charge in [0.2, 0.25) is 5.95 Å². The molecule has 0 saturated heterocycles. The van der Waals surface area contributed by atoms with E-state index in [0.29, 0.717) is 12.5 Å². The first kappa shape index (κ1) is 14.7. The molecule has 20 heavy (non-hydrogen) atoms. The predicted molar refractivity (Wildman–Crippen MR) is 78.8 cm³/mol. The SMILES string of the molecule is CCc1cc(Sc2nnc(CN)n2C)nc(N(C)C)n1. The second kappa shape index (κ2) is 6.19. The summed E-state index contributed by atoms with van der Waals surface area (Å²) in [5.41, 5.74) is 6.61. The standard InChI is InChI=1S/C12H19N7S/c1-5-8-6-10(15-11(14-8)18(2)3)20-12-17-16-9(7-13)19(12)4/h6H,5,7,13H2,1-4H3. The molecule has 2 aromatic heterocycles. The molecule has 2 rings (SSSR count). The molecule has 0 unspecified atom stereocenters. The van der Waals surface area contributed by atoms with Crippen LogP contribution in [0.4, 0.5) is 5.95 Å². The minimum Gasteiger partial charge on any atom is -0.347 e. The van der Waals surface area contributed by atoms with Crippen molar-refractivity contribution >= 4 is 17.7 Å². The van der Waals surface area contributed by atoms with Gasteiger partial charge in [0.15, 0.2) is 5.16 Å². The zero-order valence-corrected chi connectivity index (χ0v) is 13.0. The van der Waals surface area contributed by atoms with Crippen molar-refractivity contribution in [3.63, 3.8) is 0 Å². The van der Waals surface area contributed by atoms with Gasteiger partial charge in [-0.05, 0) is 24.2 Å². The molecule has 0 fully saturated rings. The number of hydrogen-bond donors (Lipinski definition) is 1. The van der Waals surface area contributed by atoms with E-state index in [-0.39, 0.29) is 0 Å². The number of aryl methyl sites for hydroxylation is 1. The smallest absolute Gasteiger partial charge is 0.226 e. The van der Waals surface area contributed by atoms with Crippen LogP contribution in [0.5, 0.6) is 0 Å². The van der Waals surface area contributed by atoms with Gasteiger partial charge in [0.05, 0.1) is 6.54 Å². The third kappa shape index (κ3) is 3.07. The van der Waals surface area contributed by atoms with Gasteiger partial charge < -0.3 is 15.2 Å². The van der Waals surface area contributed by atoms with Crippen molar-refractivity contribution in [2.75, 3.05) is 19.0 Å². The highest BCUT2D eigenvalue weighted by Crippen LogP contribution is 2.26. The lowest BCUT2D eigenvalue weighted by atomic mass is 10.3. The van der Waals surface area contributed by atoms with Crippen LogP contribution in [0.3, 0.4) is 0 Å². The minimum atomic E-state index is 0.372. The fourth-order valence-electron chi connectivity index (χ4n) is 1.60. The van der Waals surface area contributed by atoms with Crippen LogP contribution in [0.25, 0.3) is 0 Å². The van der Waals surface area contributed by atoms with Gasteiger partial charge in [0.25, 0.3) is 0 Å². The number of rotatable bonds is 5. The normalized spacial score (nSPS) is 10.8. The van der Waals surface area contributed by atoms with E-state index in [1.54, 1.807) is 0 Å². The summed E-state index contributed by atoms with van der Waals surface area (Å²) >= 11 is 1.47. The average molecular weight is 293 g/mol. The minimum absolute atomic E-state index is 0.372. The maximum Gasteiger partial charge on any atom is 0.226 e. The first-order chi connectivity index (χ1) is 9.55. The Balaban J connectivity index is 2.32. The average Bonchev–Trinajstić information content (AvgIpc) is 2.79. The molecule has 0 bridgehead atoms. The number of nitrogens with zero attached hydrogens (tertiary/aromatic N) is 6. The number of anilines is 1. The van der Waals surface area contributed by atoms with E-state index >= 15 is 0 Å². The van der Waals surface area contributed by atoms with Crippen LogP contribution in [-0.4, -0.2) is 38.8 Å². The Morgan fingerprint density at radius 2 is 2.05 bits per heavy atom. The molecular weight excluding hydrogens is 274 g/mol. The lowest BCUT2D eigenvalue weighted by Gasteiger charge is -2.12. The molecule has 0 amide bonds. The van der Waals surface area contributed by atoms with E-state index in [1.165, 1.54) is 11.8 Å². The predicted octanol–water partition coefficient (Wildman–Crippen LogP) is 0.843. The first-order valence-corrected chi connectivity index (χ1v) is 7.18. The largest absolute Gasteiger partial charge is 0.347 e. The van der Waals surface area contributed by atoms with Gasteiger partial charge in [-0.15, -0.1) is 10.2 Å². The monoisotopic (exact) mass is 293 g/mol. The van der Waals surface area contributed by atoms with Gasteiger partial charge in [0, 0.05) is 26.8 Å². The highest BCUT2D eigenvalue weighted by molar-refractivity contribution is 7.99. The van der Waals surface area contributed by atoms with Crippen molar-refractivity contribution in [3.05, 3.63) is 17.6 Å². The lowest BCUT2D eigenvalue weighted by Crippen LogP contribution is -2.14. The molecule has 7 nitrogen and oxygen atoms in total. The van der Waals surface area contributed by atoms with Gasteiger partial charge in [-0.3, -0.25) is 0 Å². The maximum absolute atomic E-state index is 5.60. The van der Waals surface area contributed by atoms with Gasteiger partial charge in [-0.1, -0.05) is 6.92 Å². The molecule has 0 atom stereocenters. The van der Waals surface area contributed by atoms with E-state index in [1.807, 2.05) is 36.7 Å². The Kier molecular flexibility index (Phi) is 4.56. The highest BCUT2D eigenvalue weighted by atomic mass is 32.2. The van der Waals surface area contributed by atoms with E-state index < -0.39 is 0 Å². The van der Waals surface area contributed by atoms with Crippen molar-refractivity contribution in [3.8, 4) is 0 Å². The highest BCUT2D eigenvalue weighted by Gasteiger charge is 2.12. The van der Waals surface area contributed by atoms with Crippen LogP contribution in [0, 0.1) is 0 Å². The summed E-state index contributed by atoms with van der Waals surface area (Å²) in [6.45, 7) is 2.45. The topological polar surface area (TPSA) is 85.8 Å². The summed E-state index contributed by atoms with van der Waals surface area (Å²) in [6, 6.07) is 1.98. The van der Waals surface area contributed by atoms with Gasteiger partial charge in [-0.25, -0.2) is 9.97 Å². The van der Waals surface area contributed by atoms with E-state index in [9.17, 15) is 0 Å². The van der Waals surface area contributed by atoms with Crippen LogP contribution in [-0.2, 0) is 20.0 Å². The fraction of sp³-hybridized carbons (Fsp3) is 0.500. The summed E-state index contributed by atoms with van der Waals surface area (Å²) < 4.78 is 1.88. The van der Waals surface area contributed by atoms with Crippen LogP contribution < -0.4 is 10.6 Å². The molecular formula is C12H19N7S. The van der Waals surface area contributed by atoms with Crippen molar-refractivity contribution in [1.29, 1.82) is 0 Å². The van der Waals surface area contributed by atoms with Crippen LogP contribution in [0.1, 0.15) is 18.4 Å². The number of aromatic nitrogens is 5. The Morgan fingerprint density at radius 1 is 1.30 bits per heavy atom. The summed E-state index contributed by atoms with van der Waals surface area (Å²) in [7, 11) is 5.76. The Labute approximate surface area is 122 Å². The molecule has 0 aromatic carbocycles. The van der Waals surface area contributed by atoms with Gasteiger partial charge in [-0.2, -0.15) is 0 Å². The molecule has 0 aliphatic heterocycles. The zero-order valence-electron chi connectivity index (χ0n) is 12.2. The molecule has 0 aliphatic rings. The van der Waals surface area contributed by atoms with E-state index in [0.717, 1.165) is 28.1 Å². The van der Waals surface area contributed by atoms with Crippen molar-refractivity contribution in [1.82, 2.24) is 24.7 Å².